The zero-order valence-electron chi connectivity index (χ0n) is 9.24. The molecule has 0 spiro atoms. The van der Waals surface area contributed by atoms with Crippen molar-refractivity contribution in [3.63, 3.8) is 0 Å². The normalized spacial score (nSPS) is 11.3. The largest absolute Gasteiger partial charge is 0.483 e. The molecule has 0 unspecified atom stereocenters. The first kappa shape index (κ1) is 14.8. The summed E-state index contributed by atoms with van der Waals surface area (Å²) < 4.78 is 44.7. The Hall–Kier alpha value is -1.21. The summed E-state index contributed by atoms with van der Waals surface area (Å²) in [7, 11) is 0. The molecule has 0 amide bonds. The molecule has 0 bridgehead atoms. The number of hydrogen-bond donors (Lipinski definition) is 1. The number of rotatable bonds is 6. The van der Waals surface area contributed by atoms with Crippen LogP contribution in [0.4, 0.5) is 13.2 Å². The van der Waals surface area contributed by atoms with Gasteiger partial charge >= 0.3 is 6.18 Å². The van der Waals surface area contributed by atoms with Crippen molar-refractivity contribution in [3.05, 3.63) is 29.8 Å². The number of alkyl halides is 3. The molecular weight excluding hydrogens is 269 g/mol. The van der Waals surface area contributed by atoms with Gasteiger partial charge in [0, 0.05) is 5.56 Å². The fourth-order valence-electron chi connectivity index (χ4n) is 1.15. The Bertz CT molecular complexity index is 390. The summed E-state index contributed by atoms with van der Waals surface area (Å²) in [4.78, 5) is 11.5. The molecular formula is C11H11F3O3S. The molecule has 0 aliphatic heterocycles. The monoisotopic (exact) mass is 280 g/mol. The topological polar surface area (TPSA) is 35.5 Å². The second-order valence-corrected chi connectivity index (χ2v) is 3.59. The third-order valence-corrected chi connectivity index (χ3v) is 2.04. The van der Waals surface area contributed by atoms with Crippen LogP contribution >= 0.6 is 12.6 Å². The zero-order chi connectivity index (χ0) is 13.6. The Morgan fingerprint density at radius 1 is 1.22 bits per heavy atom. The lowest BCUT2D eigenvalue weighted by atomic mass is 10.1. The van der Waals surface area contributed by atoms with Crippen LogP contribution in [0.2, 0.25) is 0 Å². The maximum Gasteiger partial charge on any atom is 0.411 e. The zero-order valence-corrected chi connectivity index (χ0v) is 10.1. The van der Waals surface area contributed by atoms with E-state index in [-0.39, 0.29) is 11.5 Å². The van der Waals surface area contributed by atoms with E-state index >= 15 is 0 Å². The van der Waals surface area contributed by atoms with Crippen molar-refractivity contribution >= 4 is 18.4 Å². The minimum atomic E-state index is -4.43. The minimum Gasteiger partial charge on any atom is -0.483 e. The fourth-order valence-corrected chi connectivity index (χ4v) is 1.30. The van der Waals surface area contributed by atoms with Crippen LogP contribution in [0.1, 0.15) is 10.4 Å². The van der Waals surface area contributed by atoms with Gasteiger partial charge in [0.15, 0.2) is 5.78 Å². The van der Waals surface area contributed by atoms with Gasteiger partial charge in [-0.3, -0.25) is 4.79 Å². The summed E-state index contributed by atoms with van der Waals surface area (Å²) in [5.41, 5.74) is 0.267. The van der Waals surface area contributed by atoms with Gasteiger partial charge in [-0.25, -0.2) is 0 Å². The summed E-state index contributed by atoms with van der Waals surface area (Å²) >= 11 is 3.86. The minimum absolute atomic E-state index is 0.196. The molecule has 0 saturated carbocycles. The molecule has 0 aromatic heterocycles. The molecule has 1 aromatic rings. The van der Waals surface area contributed by atoms with Crippen LogP contribution in [0.3, 0.4) is 0 Å². The Balaban J connectivity index is 2.46. The molecule has 0 aliphatic rings. The number of ether oxygens (including phenoxy) is 2. The maximum atomic E-state index is 11.8. The van der Waals surface area contributed by atoms with E-state index < -0.39 is 25.2 Å². The van der Waals surface area contributed by atoms with E-state index in [4.69, 9.17) is 4.74 Å². The summed E-state index contributed by atoms with van der Waals surface area (Å²) in [6.45, 7) is -2.04. The van der Waals surface area contributed by atoms with Gasteiger partial charge < -0.3 is 9.47 Å². The van der Waals surface area contributed by atoms with Crippen LogP contribution < -0.4 is 4.74 Å². The first-order valence-corrected chi connectivity index (χ1v) is 5.57. The Labute approximate surface area is 107 Å². The number of carbonyl (C=O) groups is 1. The standard InChI is InChI=1S/C11H11F3O3S/c12-11(13,14)6-16-5-10(15)8-1-3-9(4-2-8)17-7-18/h1-4,18H,5-7H2. The molecule has 0 radical (unpaired) electrons. The molecule has 1 rings (SSSR count). The van der Waals surface area contributed by atoms with Crippen LogP contribution in [0.25, 0.3) is 0 Å². The quantitative estimate of drug-likeness (QED) is 0.494. The Kier molecular flexibility index (Phi) is 5.49. The molecule has 0 atom stereocenters. The van der Waals surface area contributed by atoms with Crippen molar-refractivity contribution in [3.8, 4) is 5.75 Å². The predicted octanol–water partition coefficient (Wildman–Crippen LogP) is 2.71. The number of ketones is 1. The lowest BCUT2D eigenvalue weighted by Crippen LogP contribution is -2.20. The molecule has 1 aromatic carbocycles. The van der Waals surface area contributed by atoms with Gasteiger partial charge in [-0.1, -0.05) is 0 Å². The lowest BCUT2D eigenvalue weighted by molar-refractivity contribution is -0.170. The number of halogens is 3. The summed E-state index contributed by atoms with van der Waals surface area (Å²) in [5, 5.41) is 0. The highest BCUT2D eigenvalue weighted by Crippen LogP contribution is 2.15. The first-order valence-electron chi connectivity index (χ1n) is 4.94. The van der Waals surface area contributed by atoms with Crippen LogP contribution in [0.15, 0.2) is 24.3 Å². The van der Waals surface area contributed by atoms with Crippen molar-refractivity contribution in [2.45, 2.75) is 6.18 Å². The van der Waals surface area contributed by atoms with Gasteiger partial charge in [-0.15, -0.1) is 12.6 Å². The lowest BCUT2D eigenvalue weighted by Gasteiger charge is -2.07. The van der Waals surface area contributed by atoms with E-state index in [9.17, 15) is 18.0 Å². The van der Waals surface area contributed by atoms with Crippen molar-refractivity contribution in [1.82, 2.24) is 0 Å². The van der Waals surface area contributed by atoms with Crippen molar-refractivity contribution in [2.75, 3.05) is 19.2 Å². The number of carbonyl (C=O) groups excluding carboxylic acids is 1. The van der Waals surface area contributed by atoms with E-state index in [1.807, 2.05) is 0 Å². The van der Waals surface area contributed by atoms with Crippen molar-refractivity contribution < 1.29 is 27.4 Å². The van der Waals surface area contributed by atoms with Crippen LogP contribution in [-0.4, -0.2) is 31.1 Å². The number of thiol groups is 1. The molecule has 0 heterocycles. The molecule has 0 fully saturated rings. The predicted molar refractivity (Wildman–Crippen MR) is 62.1 cm³/mol. The average Bonchev–Trinajstić information content (AvgIpc) is 2.28. The Morgan fingerprint density at radius 3 is 2.33 bits per heavy atom. The SMILES string of the molecule is O=C(COCC(F)(F)F)c1ccc(OCS)cc1. The van der Waals surface area contributed by atoms with Gasteiger partial charge in [0.25, 0.3) is 0 Å². The summed E-state index contributed by atoms with van der Waals surface area (Å²) in [6, 6.07) is 5.98. The van der Waals surface area contributed by atoms with Crippen LogP contribution in [0.5, 0.6) is 5.75 Å². The van der Waals surface area contributed by atoms with E-state index in [0.29, 0.717) is 5.75 Å². The number of hydrogen-bond acceptors (Lipinski definition) is 4. The molecule has 0 saturated heterocycles. The fraction of sp³-hybridized carbons (Fsp3) is 0.364. The molecule has 0 N–H and O–H groups in total. The highest BCUT2D eigenvalue weighted by atomic mass is 32.1. The molecule has 0 aliphatic carbocycles. The van der Waals surface area contributed by atoms with Gasteiger partial charge in [0.2, 0.25) is 0 Å². The second kappa shape index (κ2) is 6.65. The van der Waals surface area contributed by atoms with Crippen LogP contribution in [0, 0.1) is 0 Å². The number of benzene rings is 1. The van der Waals surface area contributed by atoms with E-state index in [1.54, 1.807) is 0 Å². The molecule has 3 nitrogen and oxygen atoms in total. The molecule has 100 valence electrons. The summed E-state index contributed by atoms with van der Waals surface area (Å²) in [6.07, 6.45) is -4.43. The molecule has 7 heteroatoms. The smallest absolute Gasteiger partial charge is 0.411 e. The van der Waals surface area contributed by atoms with Crippen molar-refractivity contribution in [1.29, 1.82) is 0 Å². The van der Waals surface area contributed by atoms with E-state index in [2.05, 4.69) is 17.4 Å². The third kappa shape index (κ3) is 5.42. The van der Waals surface area contributed by atoms with Crippen molar-refractivity contribution in [2.24, 2.45) is 0 Å². The van der Waals surface area contributed by atoms with Gasteiger partial charge in [0.1, 0.15) is 24.9 Å². The van der Waals surface area contributed by atoms with E-state index in [0.717, 1.165) is 0 Å². The average molecular weight is 280 g/mol. The van der Waals surface area contributed by atoms with Gasteiger partial charge in [-0.2, -0.15) is 13.2 Å². The highest BCUT2D eigenvalue weighted by molar-refractivity contribution is 7.80. The second-order valence-electron chi connectivity index (χ2n) is 3.33. The van der Waals surface area contributed by atoms with E-state index in [1.165, 1.54) is 24.3 Å². The first-order chi connectivity index (χ1) is 8.42. The van der Waals surface area contributed by atoms with Gasteiger partial charge in [-0.05, 0) is 24.3 Å². The summed E-state index contributed by atoms with van der Waals surface area (Å²) in [5.74, 6) is 0.205. The molecule has 18 heavy (non-hydrogen) atoms. The maximum absolute atomic E-state index is 11.8. The highest BCUT2D eigenvalue weighted by Gasteiger charge is 2.27. The Morgan fingerprint density at radius 2 is 1.83 bits per heavy atom. The van der Waals surface area contributed by atoms with Crippen LogP contribution in [-0.2, 0) is 4.74 Å². The van der Waals surface area contributed by atoms with Gasteiger partial charge in [0.05, 0.1) is 0 Å². The number of Topliss-reactive ketones (excluding diaryl/α,β-unsaturated/α-hetero) is 1. The third-order valence-electron chi connectivity index (χ3n) is 1.91.